The summed E-state index contributed by atoms with van der Waals surface area (Å²) in [6.45, 7) is 11.5. The molecule has 4 amide bonds. The minimum Gasteiger partial charge on any atom is -0.491 e. The predicted octanol–water partition coefficient (Wildman–Crippen LogP) is 3.06. The van der Waals surface area contributed by atoms with E-state index in [2.05, 4.69) is 40.9 Å². The third-order valence-electron chi connectivity index (χ3n) is 9.93. The fourth-order valence-corrected chi connectivity index (χ4v) is 6.99. The van der Waals surface area contributed by atoms with Crippen molar-refractivity contribution in [3.63, 3.8) is 0 Å². The van der Waals surface area contributed by atoms with E-state index in [1.165, 1.54) is 12.3 Å². The largest absolute Gasteiger partial charge is 0.491 e. The molecule has 61 heavy (non-hydrogen) atoms. The lowest BCUT2D eigenvalue weighted by Gasteiger charge is -2.26. The number of nitrogen functional groups attached to an aromatic ring is 1. The van der Waals surface area contributed by atoms with Crippen molar-refractivity contribution in [2.24, 2.45) is 11.6 Å². The van der Waals surface area contributed by atoms with Gasteiger partial charge < -0.3 is 28.6 Å². The average Bonchev–Trinajstić information content (AvgIpc) is 4.02. The Kier molecular flexibility index (Phi) is 12.8. The van der Waals surface area contributed by atoms with Crippen LogP contribution >= 0.6 is 0 Å². The first-order valence-electron chi connectivity index (χ1n) is 19.8. The second-order valence-electron chi connectivity index (χ2n) is 14.1. The van der Waals surface area contributed by atoms with E-state index >= 15 is 0 Å². The molecular formula is C40H47N13O8. The predicted molar refractivity (Wildman–Crippen MR) is 221 cm³/mol. The molecule has 7 N–H and O–H groups in total. The van der Waals surface area contributed by atoms with E-state index in [4.69, 9.17) is 34.9 Å². The van der Waals surface area contributed by atoms with Crippen LogP contribution in [-0.2, 0) is 30.7 Å². The van der Waals surface area contributed by atoms with Gasteiger partial charge in [0.05, 0.1) is 42.3 Å². The molecular weight excluding hydrogens is 791 g/mol. The minimum absolute atomic E-state index is 0.0528. The number of nitrogens with one attached hydrogen (secondary N) is 3. The van der Waals surface area contributed by atoms with E-state index in [0.29, 0.717) is 90.2 Å². The molecule has 0 aliphatic carbocycles. The number of hydrogen-bond donors (Lipinski definition) is 5. The number of aryl methyl sites for hydroxylation is 4. The van der Waals surface area contributed by atoms with Crippen LogP contribution in [0.2, 0.25) is 0 Å². The van der Waals surface area contributed by atoms with Gasteiger partial charge in [0.25, 0.3) is 17.7 Å². The first kappa shape index (κ1) is 42.2. The number of hydrogen-bond acceptors (Lipinski definition) is 15. The van der Waals surface area contributed by atoms with Crippen molar-refractivity contribution >= 4 is 57.7 Å². The molecule has 6 heterocycles. The number of benzene rings is 1. The summed E-state index contributed by atoms with van der Waals surface area (Å²) in [4.78, 5) is 76.7. The van der Waals surface area contributed by atoms with E-state index in [9.17, 15) is 19.2 Å². The van der Waals surface area contributed by atoms with Gasteiger partial charge in [-0.25, -0.2) is 30.8 Å². The van der Waals surface area contributed by atoms with Gasteiger partial charge in [-0.15, -0.1) is 0 Å². The Morgan fingerprint density at radius 1 is 0.803 bits per heavy atom. The van der Waals surface area contributed by atoms with Gasteiger partial charge in [-0.05, 0) is 37.5 Å². The number of rotatable bonds is 17. The molecule has 7 rings (SSSR count). The number of hydrazine groups is 1. The van der Waals surface area contributed by atoms with Crippen LogP contribution in [-0.4, -0.2) is 102 Å². The Labute approximate surface area is 348 Å². The van der Waals surface area contributed by atoms with Gasteiger partial charge in [-0.3, -0.25) is 44.7 Å². The molecule has 21 heteroatoms. The summed E-state index contributed by atoms with van der Waals surface area (Å²) < 4.78 is 26.5. The van der Waals surface area contributed by atoms with Crippen molar-refractivity contribution in [2.45, 2.75) is 60.0 Å². The molecule has 0 radical (unpaired) electrons. The number of carbonyl (C=O) groups excluding carboxylic acids is 4. The highest BCUT2D eigenvalue weighted by molar-refractivity contribution is 6.05. The van der Waals surface area contributed by atoms with Crippen LogP contribution in [0.25, 0.3) is 22.2 Å². The Bertz CT molecular complexity index is 2630. The molecule has 0 spiro atoms. The Morgan fingerprint density at radius 2 is 1.39 bits per heavy atom. The van der Waals surface area contributed by atoms with E-state index in [1.54, 1.807) is 35.1 Å². The van der Waals surface area contributed by atoms with Crippen molar-refractivity contribution in [3.8, 4) is 5.75 Å². The zero-order valence-electron chi connectivity index (χ0n) is 34.2. The van der Waals surface area contributed by atoms with Crippen molar-refractivity contribution in [3.05, 3.63) is 82.4 Å². The number of allylic oxidation sites excluding steroid dienone is 2. The van der Waals surface area contributed by atoms with E-state index in [-0.39, 0.29) is 47.6 Å². The molecule has 6 aromatic rings. The van der Waals surface area contributed by atoms with Crippen LogP contribution in [0.5, 0.6) is 5.75 Å². The average molecular weight is 838 g/mol. The molecule has 1 aliphatic rings. The number of anilines is 2. The zero-order valence-corrected chi connectivity index (χ0v) is 34.2. The zero-order chi connectivity index (χ0) is 43.2. The fraction of sp³-hybridized carbons (Fsp3) is 0.375. The molecule has 21 nitrogen and oxygen atoms in total. The van der Waals surface area contributed by atoms with Gasteiger partial charge in [0.1, 0.15) is 16.8 Å². The number of ether oxygens (including phenoxy) is 2. The summed E-state index contributed by atoms with van der Waals surface area (Å²) in [5.41, 5.74) is 10.7. The first-order chi connectivity index (χ1) is 29.5. The summed E-state index contributed by atoms with van der Waals surface area (Å²) in [6, 6.07) is 4.62. The first-order valence-corrected chi connectivity index (χ1v) is 19.8. The van der Waals surface area contributed by atoms with Crippen molar-refractivity contribution in [1.82, 2.24) is 44.4 Å². The van der Waals surface area contributed by atoms with Gasteiger partial charge in [0, 0.05) is 58.3 Å². The summed E-state index contributed by atoms with van der Waals surface area (Å²) in [6.07, 6.45) is 6.60. The van der Waals surface area contributed by atoms with Crippen LogP contribution in [0.3, 0.4) is 0 Å². The Morgan fingerprint density at radius 3 is 2.00 bits per heavy atom. The quantitative estimate of drug-likeness (QED) is 0.0290. The van der Waals surface area contributed by atoms with Crippen LogP contribution in [0.1, 0.15) is 85.3 Å². The number of fused-ring (bicyclic) bond motifs is 2. The third-order valence-corrected chi connectivity index (χ3v) is 9.93. The number of aromatic nitrogens is 7. The van der Waals surface area contributed by atoms with Crippen LogP contribution in [0.15, 0.2) is 45.4 Å². The number of nitrogens with two attached hydrogens (primary N) is 2. The van der Waals surface area contributed by atoms with Crippen LogP contribution in [0.4, 0.5) is 11.9 Å². The SMILES string of the molecule is CCc1nc(C)oc1C(=O)Nc1nc2cc(C(=O)NN)cnc2n1C/C=C/Cn1c(NC(=O)c2oc(C)nc2CC)nc2cc(C(N)=O)cc(OCCCN3CCOCC3)c21. The minimum atomic E-state index is -0.672. The second-order valence-corrected chi connectivity index (χ2v) is 14.1. The number of pyridine rings is 1. The molecule has 5 aromatic heterocycles. The van der Waals surface area contributed by atoms with Crippen LogP contribution in [0, 0.1) is 13.8 Å². The van der Waals surface area contributed by atoms with Gasteiger partial charge in [0.15, 0.2) is 17.4 Å². The lowest BCUT2D eigenvalue weighted by Crippen LogP contribution is -2.37. The summed E-state index contributed by atoms with van der Waals surface area (Å²) in [7, 11) is 0. The van der Waals surface area contributed by atoms with Crippen LogP contribution < -0.4 is 32.4 Å². The van der Waals surface area contributed by atoms with Crippen molar-refractivity contribution < 1.29 is 37.5 Å². The highest BCUT2D eigenvalue weighted by atomic mass is 16.5. The molecule has 0 bridgehead atoms. The van der Waals surface area contributed by atoms with Gasteiger partial charge in [0.2, 0.25) is 29.3 Å². The van der Waals surface area contributed by atoms with E-state index in [1.807, 2.05) is 26.0 Å². The maximum absolute atomic E-state index is 13.7. The molecule has 1 aromatic carbocycles. The maximum atomic E-state index is 13.7. The van der Waals surface area contributed by atoms with E-state index < -0.39 is 23.6 Å². The van der Waals surface area contributed by atoms with Gasteiger partial charge >= 0.3 is 0 Å². The monoisotopic (exact) mass is 837 g/mol. The summed E-state index contributed by atoms with van der Waals surface area (Å²) in [5, 5.41) is 5.68. The normalized spacial score (nSPS) is 13.3. The highest BCUT2D eigenvalue weighted by Gasteiger charge is 2.25. The Balaban J connectivity index is 1.23. The maximum Gasteiger partial charge on any atom is 0.295 e. The Hall–Kier alpha value is -6.97. The smallest absolute Gasteiger partial charge is 0.295 e. The molecule has 0 unspecified atom stereocenters. The van der Waals surface area contributed by atoms with Crippen molar-refractivity contribution in [1.29, 1.82) is 0 Å². The van der Waals surface area contributed by atoms with E-state index in [0.717, 1.165) is 19.6 Å². The molecule has 1 saturated heterocycles. The number of oxazole rings is 2. The summed E-state index contributed by atoms with van der Waals surface area (Å²) >= 11 is 0. The number of morpholine rings is 1. The number of primary amides is 1. The molecule has 0 atom stereocenters. The topological polar surface area (TPSA) is 279 Å². The number of nitrogens with zero attached hydrogens (tertiary/aromatic N) is 8. The fourth-order valence-electron chi connectivity index (χ4n) is 6.99. The molecule has 1 fully saturated rings. The number of imidazole rings is 2. The molecule has 320 valence electrons. The van der Waals surface area contributed by atoms with Gasteiger partial charge in [-0.1, -0.05) is 26.0 Å². The number of amides is 4. The van der Waals surface area contributed by atoms with Gasteiger partial charge in [-0.2, -0.15) is 0 Å². The molecule has 0 saturated carbocycles. The third kappa shape index (κ3) is 9.27. The summed E-state index contributed by atoms with van der Waals surface area (Å²) in [5.74, 6) is 4.40. The van der Waals surface area contributed by atoms with Crippen molar-refractivity contribution in [2.75, 3.05) is 50.1 Å². The lowest BCUT2D eigenvalue weighted by molar-refractivity contribution is 0.0358. The second kappa shape index (κ2) is 18.5. The number of carbonyl (C=O) groups is 4. The highest BCUT2D eigenvalue weighted by Crippen LogP contribution is 2.32. The molecule has 1 aliphatic heterocycles. The standard InChI is InChI=1S/C40H47N13O8/c1-5-26-32(60-22(3)44-26)37(56)48-39-46-28-18-24(34(41)54)20-30(59-15-9-10-51-13-16-58-17-14-51)31(28)52(39)11-7-8-12-53-35-29(19-25(21-43-35)36(55)50-42)47-40(53)49-38(57)33-27(6-2)45-23(4)61-33/h7-8,18-21H,5-6,9-17,42H2,1-4H3,(H2,41,54)(H,50,55)(H,46,48,56)(H,47,49,57)/b8-7+. The lowest BCUT2D eigenvalue weighted by atomic mass is 10.1.